The molecule has 3 heterocycles. The van der Waals surface area contributed by atoms with Gasteiger partial charge in [-0.3, -0.25) is 4.79 Å². The van der Waals surface area contributed by atoms with E-state index in [0.717, 1.165) is 35.9 Å². The van der Waals surface area contributed by atoms with Crippen LogP contribution < -0.4 is 5.56 Å². The Morgan fingerprint density at radius 3 is 2.90 bits per heavy atom. The van der Waals surface area contributed by atoms with Gasteiger partial charge in [0.15, 0.2) is 0 Å². The van der Waals surface area contributed by atoms with Crippen LogP contribution in [0, 0.1) is 6.92 Å². The van der Waals surface area contributed by atoms with Crippen molar-refractivity contribution in [2.75, 3.05) is 0 Å². The largest absolute Gasteiger partial charge is 0.343 e. The van der Waals surface area contributed by atoms with Gasteiger partial charge in [0.2, 0.25) is 5.78 Å². The monoisotopic (exact) mass is 337 g/mol. The summed E-state index contributed by atoms with van der Waals surface area (Å²) in [7, 11) is 0. The Bertz CT molecular complexity index is 825. The van der Waals surface area contributed by atoms with Crippen LogP contribution in [0.5, 0.6) is 0 Å². The second kappa shape index (κ2) is 5.05. The van der Waals surface area contributed by atoms with Crippen LogP contribution in [0.4, 0.5) is 0 Å². The van der Waals surface area contributed by atoms with Gasteiger partial charge in [-0.05, 0) is 35.3 Å². The van der Waals surface area contributed by atoms with Crippen LogP contribution in [-0.4, -0.2) is 24.1 Å². The summed E-state index contributed by atoms with van der Waals surface area (Å²) in [5, 5.41) is 8.20. The van der Waals surface area contributed by atoms with Crippen molar-refractivity contribution in [3.8, 4) is 0 Å². The van der Waals surface area contributed by atoms with Crippen LogP contribution >= 0.6 is 15.9 Å². The lowest BCUT2D eigenvalue weighted by Gasteiger charge is -2.09. The minimum absolute atomic E-state index is 0.102. The SMILES string of the molecule is CCCCCn1c2cc(Br)[nH]c2c(=O)n2c(C)nnc12. The van der Waals surface area contributed by atoms with Crippen molar-refractivity contribution < 1.29 is 0 Å². The minimum atomic E-state index is -0.102. The average molecular weight is 338 g/mol. The van der Waals surface area contributed by atoms with Crippen LogP contribution in [0.1, 0.15) is 32.0 Å². The first-order chi connectivity index (χ1) is 9.63. The molecule has 0 spiro atoms. The number of H-pyrrole nitrogens is 1. The van der Waals surface area contributed by atoms with Crippen molar-refractivity contribution in [3.05, 3.63) is 26.8 Å². The predicted octanol–water partition coefficient (Wildman–Crippen LogP) is 2.63. The van der Waals surface area contributed by atoms with E-state index in [1.165, 1.54) is 0 Å². The van der Waals surface area contributed by atoms with Crippen LogP contribution in [0.15, 0.2) is 15.5 Å². The van der Waals surface area contributed by atoms with E-state index in [1.54, 1.807) is 11.3 Å². The van der Waals surface area contributed by atoms with E-state index in [0.29, 0.717) is 17.1 Å². The molecule has 7 heteroatoms. The van der Waals surface area contributed by atoms with Gasteiger partial charge in [0.1, 0.15) is 11.3 Å². The van der Waals surface area contributed by atoms with Gasteiger partial charge >= 0.3 is 0 Å². The molecule has 106 valence electrons. The van der Waals surface area contributed by atoms with E-state index in [2.05, 4.69) is 42.6 Å². The lowest BCUT2D eigenvalue weighted by molar-refractivity contribution is 0.615. The maximum atomic E-state index is 12.5. The predicted molar refractivity (Wildman–Crippen MR) is 81.1 cm³/mol. The number of nitrogens with one attached hydrogen (secondary N) is 1. The summed E-state index contributed by atoms with van der Waals surface area (Å²) in [6.07, 6.45) is 3.36. The van der Waals surface area contributed by atoms with Gasteiger partial charge in [-0.1, -0.05) is 19.8 Å². The first-order valence-electron chi connectivity index (χ1n) is 6.76. The van der Waals surface area contributed by atoms with Crippen LogP contribution in [0.25, 0.3) is 16.8 Å². The Hall–Kier alpha value is -1.63. The molecule has 0 radical (unpaired) electrons. The van der Waals surface area contributed by atoms with Crippen molar-refractivity contribution >= 4 is 32.7 Å². The van der Waals surface area contributed by atoms with Crippen molar-refractivity contribution in [3.63, 3.8) is 0 Å². The van der Waals surface area contributed by atoms with Gasteiger partial charge in [0.25, 0.3) is 5.56 Å². The molecule has 0 atom stereocenters. The summed E-state index contributed by atoms with van der Waals surface area (Å²) >= 11 is 3.40. The molecule has 0 unspecified atom stereocenters. The van der Waals surface area contributed by atoms with Gasteiger partial charge in [0, 0.05) is 6.54 Å². The number of hydrogen-bond donors (Lipinski definition) is 1. The van der Waals surface area contributed by atoms with Crippen LogP contribution in [0.2, 0.25) is 0 Å². The Balaban J connectivity index is 2.31. The highest BCUT2D eigenvalue weighted by Crippen LogP contribution is 2.19. The smallest absolute Gasteiger partial charge is 0.284 e. The highest BCUT2D eigenvalue weighted by Gasteiger charge is 2.16. The second-order valence-electron chi connectivity index (χ2n) is 4.92. The Kier molecular flexibility index (Phi) is 3.37. The molecule has 0 aliphatic carbocycles. The zero-order valence-corrected chi connectivity index (χ0v) is 13.1. The highest BCUT2D eigenvalue weighted by atomic mass is 79.9. The molecule has 0 saturated heterocycles. The Morgan fingerprint density at radius 2 is 2.15 bits per heavy atom. The molecule has 3 aromatic rings. The fourth-order valence-corrected chi connectivity index (χ4v) is 2.93. The van der Waals surface area contributed by atoms with Crippen LogP contribution in [-0.2, 0) is 6.54 Å². The molecule has 0 aromatic carbocycles. The van der Waals surface area contributed by atoms with Crippen molar-refractivity contribution in [2.45, 2.75) is 39.7 Å². The summed E-state index contributed by atoms with van der Waals surface area (Å²) in [5.41, 5.74) is 1.36. The van der Waals surface area contributed by atoms with E-state index >= 15 is 0 Å². The van der Waals surface area contributed by atoms with Crippen molar-refractivity contribution in [2.24, 2.45) is 0 Å². The summed E-state index contributed by atoms with van der Waals surface area (Å²) in [6.45, 7) is 4.79. The standard InChI is InChI=1S/C13H16BrN5O/c1-3-4-5-6-18-9-7-10(14)15-11(9)12(20)19-8(2)16-17-13(18)19/h7,15H,3-6H2,1-2H3. The average Bonchev–Trinajstić information content (AvgIpc) is 2.98. The summed E-state index contributed by atoms with van der Waals surface area (Å²) in [4.78, 5) is 15.6. The molecule has 0 amide bonds. The lowest BCUT2D eigenvalue weighted by atomic mass is 10.2. The third-order valence-electron chi connectivity index (χ3n) is 3.51. The van der Waals surface area contributed by atoms with E-state index in [1.807, 2.05) is 6.07 Å². The second-order valence-corrected chi connectivity index (χ2v) is 5.78. The number of fused-ring (bicyclic) bond motifs is 2. The van der Waals surface area contributed by atoms with Gasteiger partial charge in [-0.15, -0.1) is 10.2 Å². The topological polar surface area (TPSA) is 68.0 Å². The molecule has 6 nitrogen and oxygen atoms in total. The molecule has 0 aliphatic heterocycles. The maximum absolute atomic E-state index is 12.5. The molecule has 3 rings (SSSR count). The number of nitrogens with zero attached hydrogens (tertiary/aromatic N) is 4. The van der Waals surface area contributed by atoms with E-state index in [4.69, 9.17) is 0 Å². The van der Waals surface area contributed by atoms with Crippen molar-refractivity contribution in [1.82, 2.24) is 24.1 Å². The Labute approximate surface area is 123 Å². The quantitative estimate of drug-likeness (QED) is 0.744. The lowest BCUT2D eigenvalue weighted by Crippen LogP contribution is -2.19. The maximum Gasteiger partial charge on any atom is 0.284 e. The molecular formula is C13H16BrN5O. The van der Waals surface area contributed by atoms with Gasteiger partial charge in [0.05, 0.1) is 10.1 Å². The minimum Gasteiger partial charge on any atom is -0.343 e. The molecule has 0 aliphatic rings. The number of unbranched alkanes of at least 4 members (excludes halogenated alkanes) is 2. The summed E-state index contributed by atoms with van der Waals surface area (Å²) in [6, 6.07) is 1.92. The normalized spacial score (nSPS) is 11.8. The molecule has 3 aromatic heterocycles. The van der Waals surface area contributed by atoms with Crippen LogP contribution in [0.3, 0.4) is 0 Å². The zero-order chi connectivity index (χ0) is 14.3. The Morgan fingerprint density at radius 1 is 1.35 bits per heavy atom. The number of hydrogen-bond acceptors (Lipinski definition) is 3. The molecular weight excluding hydrogens is 322 g/mol. The third-order valence-corrected chi connectivity index (χ3v) is 3.93. The fraction of sp³-hybridized carbons (Fsp3) is 0.462. The van der Waals surface area contributed by atoms with E-state index in [-0.39, 0.29) is 5.56 Å². The van der Waals surface area contributed by atoms with Gasteiger partial charge in [-0.2, -0.15) is 0 Å². The molecule has 1 N–H and O–H groups in total. The molecule has 0 bridgehead atoms. The zero-order valence-electron chi connectivity index (χ0n) is 11.5. The van der Waals surface area contributed by atoms with E-state index in [9.17, 15) is 4.79 Å². The van der Waals surface area contributed by atoms with E-state index < -0.39 is 0 Å². The number of aryl methyl sites for hydroxylation is 2. The first kappa shape index (κ1) is 13.4. The first-order valence-corrected chi connectivity index (χ1v) is 7.55. The highest BCUT2D eigenvalue weighted by molar-refractivity contribution is 9.10. The summed E-state index contributed by atoms with van der Waals surface area (Å²) in [5.74, 6) is 1.23. The fourth-order valence-electron chi connectivity index (χ4n) is 2.51. The van der Waals surface area contributed by atoms with Gasteiger partial charge < -0.3 is 9.55 Å². The third kappa shape index (κ3) is 1.96. The number of halogens is 1. The summed E-state index contributed by atoms with van der Waals surface area (Å²) < 4.78 is 4.43. The number of rotatable bonds is 4. The molecule has 0 fully saturated rings. The molecule has 0 saturated carbocycles. The molecule has 20 heavy (non-hydrogen) atoms. The van der Waals surface area contributed by atoms with Gasteiger partial charge in [-0.25, -0.2) is 4.40 Å². The number of aromatic nitrogens is 5. The number of aromatic amines is 1. The van der Waals surface area contributed by atoms with Crippen molar-refractivity contribution in [1.29, 1.82) is 0 Å².